The molecule has 4 aliphatic rings. The highest BCUT2D eigenvalue weighted by Crippen LogP contribution is 2.49. The predicted molar refractivity (Wildman–Crippen MR) is 159 cm³/mol. The number of halogens is 4. The highest BCUT2D eigenvalue weighted by atomic mass is 35.5. The van der Waals surface area contributed by atoms with Crippen LogP contribution in [0.1, 0.15) is 59.3 Å². The highest BCUT2D eigenvalue weighted by molar-refractivity contribution is 6.30. The number of carbonyl (C=O) groups excluding carboxylic acids is 4. The zero-order valence-electron chi connectivity index (χ0n) is 25.1. The van der Waals surface area contributed by atoms with E-state index in [1.807, 2.05) is 13.8 Å². The van der Waals surface area contributed by atoms with Crippen molar-refractivity contribution < 1.29 is 37.1 Å². The Morgan fingerprint density at radius 1 is 1.23 bits per heavy atom. The third kappa shape index (κ3) is 7.86. The quantitative estimate of drug-likeness (QED) is 0.227. The van der Waals surface area contributed by atoms with Crippen LogP contribution in [0.5, 0.6) is 0 Å². The van der Waals surface area contributed by atoms with Crippen LogP contribution < -0.4 is 16.0 Å². The predicted octanol–water partition coefficient (Wildman–Crippen LogP) is 4.61. The minimum absolute atomic E-state index is 0.0266. The number of nitrogens with one attached hydrogen (secondary N) is 3. The second kappa shape index (κ2) is 14.2. The van der Waals surface area contributed by atoms with Crippen LogP contribution in [-0.2, 0) is 23.9 Å². The monoisotopic (exact) mass is 640 g/mol. The molecule has 242 valence electrons. The van der Waals surface area contributed by atoms with Crippen molar-refractivity contribution in [2.45, 2.75) is 89.4 Å². The molecular weight excluding hydrogens is 601 g/mol. The molecule has 3 saturated heterocycles. The molecule has 0 unspecified atom stereocenters. The molecule has 44 heavy (non-hydrogen) atoms. The molecule has 4 fully saturated rings. The summed E-state index contributed by atoms with van der Waals surface area (Å²) < 4.78 is 50.1. The smallest absolute Gasteiger partial charge is 0.366 e. The Bertz CT molecular complexity index is 1280. The summed E-state index contributed by atoms with van der Waals surface area (Å²) in [5, 5.41) is 8.90. The van der Waals surface area contributed by atoms with Crippen molar-refractivity contribution in [1.82, 2.24) is 15.5 Å². The van der Waals surface area contributed by atoms with Crippen LogP contribution in [0.3, 0.4) is 0 Å². The number of esters is 1. The van der Waals surface area contributed by atoms with Crippen LogP contribution in [0, 0.1) is 17.8 Å². The minimum Gasteiger partial charge on any atom is -0.461 e. The molecule has 9 nitrogen and oxygen atoms in total. The van der Waals surface area contributed by atoms with Crippen LogP contribution in [0.2, 0.25) is 5.02 Å². The van der Waals surface area contributed by atoms with E-state index in [1.54, 1.807) is 24.3 Å². The van der Waals surface area contributed by atoms with Gasteiger partial charge in [0.2, 0.25) is 23.5 Å². The van der Waals surface area contributed by atoms with Gasteiger partial charge in [-0.15, -0.1) is 0 Å². The van der Waals surface area contributed by atoms with Crippen molar-refractivity contribution in [3.63, 3.8) is 0 Å². The molecule has 5 rings (SSSR count). The lowest BCUT2D eigenvalue weighted by molar-refractivity contribution is -0.194. The van der Waals surface area contributed by atoms with Gasteiger partial charge < -0.3 is 25.6 Å². The normalized spacial score (nSPS) is 25.8. The van der Waals surface area contributed by atoms with Gasteiger partial charge in [-0.2, -0.15) is 4.39 Å². The van der Waals surface area contributed by atoms with Gasteiger partial charge in [0, 0.05) is 35.6 Å². The summed E-state index contributed by atoms with van der Waals surface area (Å²) in [5.41, 5.74) is 0.569. The molecule has 1 saturated carbocycles. The molecule has 3 amide bonds. The molecule has 3 N–H and O–H groups in total. The van der Waals surface area contributed by atoms with E-state index in [9.17, 15) is 23.6 Å². The van der Waals surface area contributed by atoms with Gasteiger partial charge in [-0.3, -0.25) is 14.4 Å². The molecule has 0 aromatic heterocycles. The fourth-order valence-corrected chi connectivity index (χ4v) is 6.72. The Hall–Kier alpha value is -3.28. The number of nitrogens with zero attached hydrogens (tertiary/aromatic N) is 1. The van der Waals surface area contributed by atoms with E-state index in [4.69, 9.17) is 16.3 Å². The number of anilines is 1. The number of fused-ring (bicyclic) bond motifs is 3. The first kappa shape index (κ1) is 33.6. The number of carbonyl (C=O) groups is 4. The Labute approximate surface area is 260 Å². The second-order valence-corrected chi connectivity index (χ2v) is 12.6. The van der Waals surface area contributed by atoms with E-state index in [2.05, 4.69) is 16.0 Å². The van der Waals surface area contributed by atoms with E-state index in [-0.39, 0.29) is 31.3 Å². The van der Waals surface area contributed by atoms with Gasteiger partial charge in [-0.1, -0.05) is 31.5 Å². The van der Waals surface area contributed by atoms with Crippen molar-refractivity contribution in [3.8, 4) is 0 Å². The molecule has 1 aliphatic carbocycles. The summed E-state index contributed by atoms with van der Waals surface area (Å²) in [4.78, 5) is 53.7. The maximum Gasteiger partial charge on any atom is 0.366 e. The lowest BCUT2D eigenvalue weighted by atomic mass is 9.71. The van der Waals surface area contributed by atoms with Gasteiger partial charge in [-0.25, -0.2) is 13.6 Å². The SMILES string of the molecule is CCOC(=O)/C(F)=C\[C@H](C[C@H]1CCNC1=O)NC(=O)[C@H]1[C@H]2CC[C@H](CC2(F)F)N1C(=O)[C@H](CC(C)C)Nc1cccc(Cl)c1. The molecule has 1 aromatic carbocycles. The number of hydrogen-bond acceptors (Lipinski definition) is 6. The van der Waals surface area contributed by atoms with E-state index in [1.165, 1.54) is 11.8 Å². The topological polar surface area (TPSA) is 117 Å². The zero-order chi connectivity index (χ0) is 32.2. The van der Waals surface area contributed by atoms with Crippen LogP contribution in [-0.4, -0.2) is 71.8 Å². The minimum atomic E-state index is -3.21. The van der Waals surface area contributed by atoms with Crippen molar-refractivity contribution >= 4 is 41.0 Å². The lowest BCUT2D eigenvalue weighted by Gasteiger charge is -2.54. The Balaban J connectivity index is 1.65. The van der Waals surface area contributed by atoms with Gasteiger partial charge in [0.05, 0.1) is 18.6 Å². The summed E-state index contributed by atoms with van der Waals surface area (Å²) >= 11 is 6.14. The molecule has 6 atom stereocenters. The van der Waals surface area contributed by atoms with Crippen molar-refractivity contribution in [1.29, 1.82) is 0 Å². The van der Waals surface area contributed by atoms with E-state index in [0.29, 0.717) is 36.5 Å². The van der Waals surface area contributed by atoms with Gasteiger partial charge in [0.1, 0.15) is 12.1 Å². The maximum atomic E-state index is 15.3. The average Bonchev–Trinajstić information content (AvgIpc) is 3.35. The van der Waals surface area contributed by atoms with E-state index >= 15 is 8.78 Å². The fourth-order valence-electron chi connectivity index (χ4n) is 6.53. The first-order chi connectivity index (χ1) is 20.8. The second-order valence-electron chi connectivity index (χ2n) is 12.2. The number of benzene rings is 1. The third-order valence-electron chi connectivity index (χ3n) is 8.48. The number of ether oxygens (including phenoxy) is 1. The van der Waals surface area contributed by atoms with Crippen molar-refractivity contribution in [2.24, 2.45) is 17.8 Å². The maximum absolute atomic E-state index is 15.3. The summed E-state index contributed by atoms with van der Waals surface area (Å²) in [5.74, 6) is -9.42. The number of hydrogen-bond donors (Lipinski definition) is 3. The number of amides is 3. The average molecular weight is 641 g/mol. The van der Waals surface area contributed by atoms with Gasteiger partial charge in [-0.05, 0) is 69.2 Å². The van der Waals surface area contributed by atoms with Crippen LogP contribution in [0.15, 0.2) is 36.2 Å². The Morgan fingerprint density at radius 3 is 2.59 bits per heavy atom. The molecule has 3 heterocycles. The van der Waals surface area contributed by atoms with Crippen molar-refractivity contribution in [3.05, 3.63) is 41.2 Å². The van der Waals surface area contributed by atoms with E-state index < -0.39 is 72.0 Å². The fraction of sp³-hybridized carbons (Fsp3) is 0.613. The van der Waals surface area contributed by atoms with Gasteiger partial charge >= 0.3 is 5.97 Å². The third-order valence-corrected chi connectivity index (χ3v) is 8.71. The molecule has 2 bridgehead atoms. The highest BCUT2D eigenvalue weighted by Gasteiger charge is 2.61. The molecule has 1 aromatic rings. The number of rotatable bonds is 12. The molecule has 13 heteroatoms. The summed E-state index contributed by atoms with van der Waals surface area (Å²) in [6, 6.07) is 2.33. The first-order valence-corrected chi connectivity index (χ1v) is 15.5. The van der Waals surface area contributed by atoms with E-state index in [0.717, 1.165) is 6.08 Å². The Kier molecular flexibility index (Phi) is 10.9. The van der Waals surface area contributed by atoms with Gasteiger partial charge in [0.25, 0.3) is 5.92 Å². The van der Waals surface area contributed by atoms with Crippen LogP contribution >= 0.6 is 11.6 Å². The lowest BCUT2D eigenvalue weighted by Crippen LogP contribution is -2.70. The number of piperidine rings is 2. The summed E-state index contributed by atoms with van der Waals surface area (Å²) in [7, 11) is 0. The molecule has 0 spiro atoms. The van der Waals surface area contributed by atoms with Crippen molar-refractivity contribution in [2.75, 3.05) is 18.5 Å². The summed E-state index contributed by atoms with van der Waals surface area (Å²) in [6.45, 7) is 5.67. The molecular formula is C31H40ClF3N4O5. The van der Waals surface area contributed by atoms with Crippen LogP contribution in [0.4, 0.5) is 18.9 Å². The van der Waals surface area contributed by atoms with Gasteiger partial charge in [0.15, 0.2) is 0 Å². The standard InChI is InChI=1S/C31H40ClF3N4O5/c1-4-44-30(43)24(33)15-21(13-18-10-11-36-27(18)40)38-28(41)26-23-9-8-22(16-31(23,34)35)39(26)29(42)25(12-17(2)3)37-20-7-5-6-19(32)14-20/h5-7,14-15,17-18,21-23,25-26,37H,4,8-13,16H2,1-3H3,(H,36,40)(H,38,41)/b24-15+/t18-,21+,22-,23-,25+,26-/m1/s1. The zero-order valence-corrected chi connectivity index (χ0v) is 25.8. The number of alkyl halides is 2. The summed E-state index contributed by atoms with van der Waals surface area (Å²) in [6.07, 6.45) is 1.32. The van der Waals surface area contributed by atoms with Crippen LogP contribution in [0.25, 0.3) is 0 Å². The molecule has 3 aliphatic heterocycles. The molecule has 0 radical (unpaired) electrons. The Morgan fingerprint density at radius 2 is 1.98 bits per heavy atom. The largest absolute Gasteiger partial charge is 0.461 e. The first-order valence-electron chi connectivity index (χ1n) is 15.1.